The molecule has 3 nitrogen and oxygen atoms in total. The van der Waals surface area contributed by atoms with Gasteiger partial charge in [-0.05, 0) is 18.9 Å². The zero-order valence-electron chi connectivity index (χ0n) is 9.39. The number of nitrogens with one attached hydrogen (secondary N) is 1. The van der Waals surface area contributed by atoms with E-state index in [0.717, 1.165) is 18.7 Å². The molecule has 2 aromatic rings. The van der Waals surface area contributed by atoms with Gasteiger partial charge in [0.2, 0.25) is 0 Å². The first-order chi connectivity index (χ1) is 7.84. The fraction of sp³-hybridized carbons (Fsp3) is 0.308. The molecule has 0 bridgehead atoms. The standard InChI is InChI=1S/C13H16N2O/c1-11(9-12-5-3-2-4-6-12)14-10-13-7-8-15-16-13/h2-8,11,14H,9-10H2,1H3. The smallest absolute Gasteiger partial charge is 0.150 e. The van der Waals surface area contributed by atoms with Gasteiger partial charge in [-0.25, -0.2) is 0 Å². The van der Waals surface area contributed by atoms with Crippen molar-refractivity contribution in [3.8, 4) is 0 Å². The number of aromatic nitrogens is 1. The summed E-state index contributed by atoms with van der Waals surface area (Å²) >= 11 is 0. The van der Waals surface area contributed by atoms with Gasteiger partial charge in [0.1, 0.15) is 5.76 Å². The van der Waals surface area contributed by atoms with E-state index in [0.29, 0.717) is 6.04 Å². The molecule has 0 saturated carbocycles. The lowest BCUT2D eigenvalue weighted by molar-refractivity contribution is 0.364. The predicted molar refractivity (Wildman–Crippen MR) is 63.0 cm³/mol. The van der Waals surface area contributed by atoms with Gasteiger partial charge >= 0.3 is 0 Å². The lowest BCUT2D eigenvalue weighted by Gasteiger charge is -2.12. The lowest BCUT2D eigenvalue weighted by atomic mass is 10.1. The Labute approximate surface area is 95.5 Å². The minimum absolute atomic E-state index is 0.424. The van der Waals surface area contributed by atoms with Gasteiger partial charge < -0.3 is 9.84 Å². The van der Waals surface area contributed by atoms with Crippen LogP contribution in [-0.2, 0) is 13.0 Å². The van der Waals surface area contributed by atoms with E-state index in [2.05, 4.69) is 41.7 Å². The molecule has 2 rings (SSSR count). The third-order valence-corrected chi connectivity index (χ3v) is 2.50. The van der Waals surface area contributed by atoms with Gasteiger partial charge in [-0.15, -0.1) is 0 Å². The molecule has 0 aliphatic carbocycles. The fourth-order valence-corrected chi connectivity index (χ4v) is 1.65. The van der Waals surface area contributed by atoms with Crippen LogP contribution < -0.4 is 5.32 Å². The largest absolute Gasteiger partial charge is 0.360 e. The number of nitrogens with zero attached hydrogens (tertiary/aromatic N) is 1. The highest BCUT2D eigenvalue weighted by Gasteiger charge is 2.04. The molecule has 1 atom stereocenters. The Balaban J connectivity index is 1.78. The summed E-state index contributed by atoms with van der Waals surface area (Å²) in [4.78, 5) is 0. The summed E-state index contributed by atoms with van der Waals surface area (Å²) in [5.74, 6) is 0.875. The van der Waals surface area contributed by atoms with Crippen LogP contribution in [0.3, 0.4) is 0 Å². The van der Waals surface area contributed by atoms with Crippen LogP contribution in [0.4, 0.5) is 0 Å². The molecule has 84 valence electrons. The summed E-state index contributed by atoms with van der Waals surface area (Å²) in [7, 11) is 0. The molecule has 1 N–H and O–H groups in total. The number of hydrogen-bond acceptors (Lipinski definition) is 3. The molecule has 0 amide bonds. The molecule has 0 spiro atoms. The average molecular weight is 216 g/mol. The Bertz CT molecular complexity index is 397. The highest BCUT2D eigenvalue weighted by Crippen LogP contribution is 2.03. The van der Waals surface area contributed by atoms with Crippen LogP contribution in [-0.4, -0.2) is 11.2 Å². The minimum Gasteiger partial charge on any atom is -0.360 e. The SMILES string of the molecule is CC(Cc1ccccc1)NCc1ccno1. The van der Waals surface area contributed by atoms with Gasteiger partial charge in [-0.3, -0.25) is 0 Å². The Morgan fingerprint density at radius 3 is 2.75 bits per heavy atom. The molecule has 1 heterocycles. The van der Waals surface area contributed by atoms with Gasteiger partial charge in [0.05, 0.1) is 12.7 Å². The second-order valence-electron chi connectivity index (χ2n) is 3.95. The van der Waals surface area contributed by atoms with Crippen molar-refractivity contribution in [3.05, 3.63) is 53.9 Å². The zero-order chi connectivity index (χ0) is 11.2. The van der Waals surface area contributed by atoms with Crippen molar-refractivity contribution in [1.82, 2.24) is 10.5 Å². The number of benzene rings is 1. The Morgan fingerprint density at radius 1 is 1.25 bits per heavy atom. The van der Waals surface area contributed by atoms with Gasteiger partial charge in [-0.1, -0.05) is 35.5 Å². The molecule has 1 aromatic heterocycles. The second kappa shape index (κ2) is 5.47. The van der Waals surface area contributed by atoms with Crippen molar-refractivity contribution in [2.24, 2.45) is 0 Å². The molecular weight excluding hydrogens is 200 g/mol. The monoisotopic (exact) mass is 216 g/mol. The second-order valence-corrected chi connectivity index (χ2v) is 3.95. The van der Waals surface area contributed by atoms with E-state index in [1.165, 1.54) is 5.56 Å². The molecule has 0 aliphatic rings. The predicted octanol–water partition coefficient (Wildman–Crippen LogP) is 2.40. The van der Waals surface area contributed by atoms with E-state index < -0.39 is 0 Å². The summed E-state index contributed by atoms with van der Waals surface area (Å²) in [5, 5.41) is 7.07. The molecule has 3 heteroatoms. The molecule has 1 unspecified atom stereocenters. The van der Waals surface area contributed by atoms with E-state index in [9.17, 15) is 0 Å². The summed E-state index contributed by atoms with van der Waals surface area (Å²) in [5.41, 5.74) is 1.35. The summed E-state index contributed by atoms with van der Waals surface area (Å²) < 4.78 is 5.02. The molecular formula is C13H16N2O. The van der Waals surface area contributed by atoms with Crippen LogP contribution in [0.5, 0.6) is 0 Å². The van der Waals surface area contributed by atoms with Crippen molar-refractivity contribution >= 4 is 0 Å². The topological polar surface area (TPSA) is 38.1 Å². The first-order valence-corrected chi connectivity index (χ1v) is 5.51. The maximum atomic E-state index is 5.02. The Hall–Kier alpha value is -1.61. The van der Waals surface area contributed by atoms with Gasteiger partial charge in [0.15, 0.2) is 0 Å². The van der Waals surface area contributed by atoms with Crippen LogP contribution in [0, 0.1) is 0 Å². The van der Waals surface area contributed by atoms with Crippen molar-refractivity contribution in [3.63, 3.8) is 0 Å². The maximum absolute atomic E-state index is 5.02. The molecule has 0 fully saturated rings. The van der Waals surface area contributed by atoms with Crippen LogP contribution in [0.25, 0.3) is 0 Å². The van der Waals surface area contributed by atoms with Gasteiger partial charge in [-0.2, -0.15) is 0 Å². The Morgan fingerprint density at radius 2 is 2.06 bits per heavy atom. The van der Waals surface area contributed by atoms with Crippen molar-refractivity contribution in [2.45, 2.75) is 25.9 Å². The number of rotatable bonds is 5. The third-order valence-electron chi connectivity index (χ3n) is 2.50. The van der Waals surface area contributed by atoms with E-state index in [-0.39, 0.29) is 0 Å². The van der Waals surface area contributed by atoms with E-state index in [1.807, 2.05) is 12.1 Å². The van der Waals surface area contributed by atoms with Crippen LogP contribution in [0.2, 0.25) is 0 Å². The molecule has 0 saturated heterocycles. The highest BCUT2D eigenvalue weighted by molar-refractivity contribution is 5.15. The first-order valence-electron chi connectivity index (χ1n) is 5.51. The van der Waals surface area contributed by atoms with E-state index >= 15 is 0 Å². The molecule has 16 heavy (non-hydrogen) atoms. The van der Waals surface area contributed by atoms with E-state index in [1.54, 1.807) is 6.20 Å². The summed E-state index contributed by atoms with van der Waals surface area (Å²) in [6.45, 7) is 2.90. The normalized spacial score (nSPS) is 12.6. The van der Waals surface area contributed by atoms with Crippen molar-refractivity contribution < 1.29 is 4.52 Å². The molecule has 0 radical (unpaired) electrons. The quantitative estimate of drug-likeness (QED) is 0.834. The van der Waals surface area contributed by atoms with Crippen LogP contribution >= 0.6 is 0 Å². The van der Waals surface area contributed by atoms with Crippen LogP contribution in [0.15, 0.2) is 47.1 Å². The summed E-state index contributed by atoms with van der Waals surface area (Å²) in [6.07, 6.45) is 2.69. The lowest BCUT2D eigenvalue weighted by Crippen LogP contribution is -2.27. The van der Waals surface area contributed by atoms with Gasteiger partial charge in [0.25, 0.3) is 0 Å². The van der Waals surface area contributed by atoms with E-state index in [4.69, 9.17) is 4.52 Å². The van der Waals surface area contributed by atoms with Gasteiger partial charge in [0, 0.05) is 12.1 Å². The maximum Gasteiger partial charge on any atom is 0.150 e. The van der Waals surface area contributed by atoms with Crippen molar-refractivity contribution in [1.29, 1.82) is 0 Å². The summed E-state index contributed by atoms with van der Waals surface area (Å²) in [6, 6.07) is 12.8. The average Bonchev–Trinajstić information content (AvgIpc) is 2.81. The zero-order valence-corrected chi connectivity index (χ0v) is 9.39. The minimum atomic E-state index is 0.424. The highest BCUT2D eigenvalue weighted by atomic mass is 16.5. The number of hydrogen-bond donors (Lipinski definition) is 1. The van der Waals surface area contributed by atoms with Crippen molar-refractivity contribution in [2.75, 3.05) is 0 Å². The van der Waals surface area contributed by atoms with Crippen LogP contribution in [0.1, 0.15) is 18.2 Å². The first kappa shape index (κ1) is 10.9. The fourth-order valence-electron chi connectivity index (χ4n) is 1.65. The molecule has 0 aliphatic heterocycles. The third kappa shape index (κ3) is 3.21. The Kier molecular flexibility index (Phi) is 3.72. The molecule has 1 aromatic carbocycles.